The predicted molar refractivity (Wildman–Crippen MR) is 88.2 cm³/mol. The van der Waals surface area contributed by atoms with Crippen LogP contribution in [0, 0.1) is 5.92 Å². The molecule has 2 aliphatic rings. The zero-order valence-electron chi connectivity index (χ0n) is 13.5. The van der Waals surface area contributed by atoms with Crippen LogP contribution in [0.3, 0.4) is 0 Å². The van der Waals surface area contributed by atoms with Crippen LogP contribution in [-0.4, -0.2) is 31.2 Å². The number of rotatable bonds is 3. The van der Waals surface area contributed by atoms with Crippen LogP contribution < -0.4 is 10.6 Å². The van der Waals surface area contributed by atoms with Gasteiger partial charge in [-0.2, -0.15) is 0 Å². The van der Waals surface area contributed by atoms with Gasteiger partial charge in [-0.1, -0.05) is 6.07 Å². The van der Waals surface area contributed by atoms with Crippen molar-refractivity contribution in [1.82, 2.24) is 0 Å². The number of hydrogen-bond acceptors (Lipinski definition) is 3. The van der Waals surface area contributed by atoms with Gasteiger partial charge >= 0.3 is 0 Å². The second kappa shape index (κ2) is 6.29. The van der Waals surface area contributed by atoms with Gasteiger partial charge in [0.05, 0.1) is 12.2 Å². The lowest BCUT2D eigenvalue weighted by Crippen LogP contribution is -2.39. The Morgan fingerprint density at radius 1 is 1.32 bits per heavy atom. The summed E-state index contributed by atoms with van der Waals surface area (Å²) in [6.45, 7) is 6.44. The number of amides is 1. The molecule has 3 atom stereocenters. The van der Waals surface area contributed by atoms with E-state index in [0.29, 0.717) is 23.7 Å². The highest BCUT2D eigenvalue weighted by Crippen LogP contribution is 2.33. The highest BCUT2D eigenvalue weighted by molar-refractivity contribution is 5.96. The zero-order chi connectivity index (χ0) is 15.7. The number of carbonyl (C=O) groups is 1. The molecule has 3 rings (SSSR count). The van der Waals surface area contributed by atoms with Crippen LogP contribution in [0.25, 0.3) is 0 Å². The highest BCUT2D eigenvalue weighted by atomic mass is 16.5. The molecule has 22 heavy (non-hydrogen) atoms. The fourth-order valence-electron chi connectivity index (χ4n) is 4.12. The Morgan fingerprint density at radius 2 is 2.05 bits per heavy atom. The van der Waals surface area contributed by atoms with E-state index < -0.39 is 0 Å². The summed E-state index contributed by atoms with van der Waals surface area (Å²) in [5.41, 5.74) is 8.56. The van der Waals surface area contributed by atoms with E-state index in [9.17, 15) is 4.79 Å². The molecule has 120 valence electrons. The van der Waals surface area contributed by atoms with Crippen LogP contribution in [0.2, 0.25) is 0 Å². The first-order chi connectivity index (χ1) is 10.5. The highest BCUT2D eigenvalue weighted by Gasteiger charge is 2.28. The largest absolute Gasteiger partial charge is 0.376 e. The van der Waals surface area contributed by atoms with Crippen LogP contribution in [0.1, 0.15) is 49.0 Å². The van der Waals surface area contributed by atoms with Crippen molar-refractivity contribution in [3.8, 4) is 0 Å². The van der Waals surface area contributed by atoms with E-state index in [1.807, 2.05) is 12.1 Å². The molecule has 2 heterocycles. The Balaban J connectivity index is 1.80. The number of nitrogens with two attached hydrogens (primary N) is 1. The van der Waals surface area contributed by atoms with E-state index in [4.69, 9.17) is 10.5 Å². The first kappa shape index (κ1) is 15.3. The van der Waals surface area contributed by atoms with Crippen LogP contribution in [0.4, 0.5) is 5.69 Å². The third kappa shape index (κ3) is 3.12. The van der Waals surface area contributed by atoms with Gasteiger partial charge in [0.2, 0.25) is 5.91 Å². The van der Waals surface area contributed by atoms with E-state index in [2.05, 4.69) is 24.8 Å². The van der Waals surface area contributed by atoms with Crippen LogP contribution >= 0.6 is 0 Å². The predicted octanol–water partition coefficient (Wildman–Crippen LogP) is 2.74. The molecule has 0 saturated carbocycles. The molecule has 0 radical (unpaired) electrons. The number of ether oxygens (including phenoxy) is 1. The van der Waals surface area contributed by atoms with Crippen molar-refractivity contribution >= 4 is 11.6 Å². The minimum absolute atomic E-state index is 0.313. The monoisotopic (exact) mass is 302 g/mol. The van der Waals surface area contributed by atoms with E-state index in [1.165, 1.54) is 5.69 Å². The number of hydrogen-bond donors (Lipinski definition) is 1. The Kier molecular flexibility index (Phi) is 4.39. The summed E-state index contributed by atoms with van der Waals surface area (Å²) in [6.07, 6.45) is 4.96. The maximum atomic E-state index is 11.6. The number of fused-ring (bicyclic) bond motifs is 1. The normalized spacial score (nSPS) is 28.3. The lowest BCUT2D eigenvalue weighted by atomic mass is 9.90. The van der Waals surface area contributed by atoms with Gasteiger partial charge in [0, 0.05) is 24.3 Å². The van der Waals surface area contributed by atoms with Crippen LogP contribution in [-0.2, 0) is 11.2 Å². The van der Waals surface area contributed by atoms with Crippen molar-refractivity contribution in [3.05, 3.63) is 29.3 Å². The molecule has 1 saturated heterocycles. The van der Waals surface area contributed by atoms with Crippen LogP contribution in [0.5, 0.6) is 0 Å². The summed E-state index contributed by atoms with van der Waals surface area (Å²) in [6, 6.07) is 5.93. The van der Waals surface area contributed by atoms with Gasteiger partial charge in [-0.25, -0.2) is 0 Å². The standard InChI is InChI=1S/C18H26N2O2/c1-12-9-14(10-13(2)22-12)11-20-8-4-6-15-16(18(19)21)5-3-7-17(15)20/h3,5,7,12-14H,4,6,8-11H2,1-2H3,(H2,19,21)/t12-,13+,14?. The number of benzene rings is 1. The molecule has 4 heteroatoms. The van der Waals surface area contributed by atoms with E-state index in [0.717, 1.165) is 44.3 Å². The number of primary amides is 1. The second-order valence-electron chi connectivity index (χ2n) is 6.81. The molecule has 2 N–H and O–H groups in total. The average Bonchev–Trinajstić information content (AvgIpc) is 2.45. The fraction of sp³-hybridized carbons (Fsp3) is 0.611. The zero-order valence-corrected chi connectivity index (χ0v) is 13.5. The molecule has 1 fully saturated rings. The number of carbonyl (C=O) groups excluding carboxylic acids is 1. The first-order valence-electron chi connectivity index (χ1n) is 8.36. The van der Waals surface area contributed by atoms with Gasteiger partial charge in [-0.05, 0) is 63.1 Å². The van der Waals surface area contributed by atoms with Crippen molar-refractivity contribution in [3.63, 3.8) is 0 Å². The summed E-state index contributed by atoms with van der Waals surface area (Å²) < 4.78 is 5.85. The Morgan fingerprint density at radius 3 is 2.73 bits per heavy atom. The van der Waals surface area contributed by atoms with E-state index in [1.54, 1.807) is 0 Å². The summed E-state index contributed by atoms with van der Waals surface area (Å²) in [5, 5.41) is 0. The smallest absolute Gasteiger partial charge is 0.249 e. The third-order valence-electron chi connectivity index (χ3n) is 4.89. The molecule has 0 bridgehead atoms. The molecule has 4 nitrogen and oxygen atoms in total. The fourth-order valence-corrected chi connectivity index (χ4v) is 4.12. The molecule has 1 amide bonds. The van der Waals surface area contributed by atoms with E-state index >= 15 is 0 Å². The average molecular weight is 302 g/mol. The molecular formula is C18H26N2O2. The molecule has 2 aliphatic heterocycles. The van der Waals surface area contributed by atoms with Gasteiger partial charge in [0.25, 0.3) is 0 Å². The summed E-state index contributed by atoms with van der Waals surface area (Å²) >= 11 is 0. The summed E-state index contributed by atoms with van der Waals surface area (Å²) in [7, 11) is 0. The summed E-state index contributed by atoms with van der Waals surface area (Å²) in [5.74, 6) is 0.342. The minimum atomic E-state index is -0.313. The first-order valence-corrected chi connectivity index (χ1v) is 8.36. The second-order valence-corrected chi connectivity index (χ2v) is 6.81. The molecule has 0 aliphatic carbocycles. The maximum Gasteiger partial charge on any atom is 0.249 e. The Labute approximate surface area is 132 Å². The minimum Gasteiger partial charge on any atom is -0.376 e. The van der Waals surface area contributed by atoms with Gasteiger partial charge in [-0.15, -0.1) is 0 Å². The number of anilines is 1. The number of nitrogens with zero attached hydrogens (tertiary/aromatic N) is 1. The van der Waals surface area contributed by atoms with Gasteiger partial charge in [0.15, 0.2) is 0 Å². The Bertz CT molecular complexity index is 548. The molecule has 0 aromatic heterocycles. The van der Waals surface area contributed by atoms with Crippen molar-refractivity contribution in [2.45, 2.75) is 51.7 Å². The molecule has 1 aromatic rings. The topological polar surface area (TPSA) is 55.6 Å². The van der Waals surface area contributed by atoms with Crippen molar-refractivity contribution < 1.29 is 9.53 Å². The summed E-state index contributed by atoms with van der Waals surface area (Å²) in [4.78, 5) is 14.1. The maximum absolute atomic E-state index is 11.6. The van der Waals surface area contributed by atoms with Gasteiger partial charge in [0.1, 0.15) is 0 Å². The molecule has 1 aromatic carbocycles. The molecule has 0 spiro atoms. The van der Waals surface area contributed by atoms with Crippen molar-refractivity contribution in [1.29, 1.82) is 0 Å². The van der Waals surface area contributed by atoms with Crippen molar-refractivity contribution in [2.75, 3.05) is 18.0 Å². The SMILES string of the molecule is C[C@@H]1CC(CN2CCCc3c(C(N)=O)cccc32)C[C@H](C)O1. The lowest BCUT2D eigenvalue weighted by Gasteiger charge is -2.38. The lowest BCUT2D eigenvalue weighted by molar-refractivity contribution is -0.0505. The van der Waals surface area contributed by atoms with Gasteiger partial charge in [-0.3, -0.25) is 4.79 Å². The van der Waals surface area contributed by atoms with Gasteiger partial charge < -0.3 is 15.4 Å². The molecule has 1 unspecified atom stereocenters. The van der Waals surface area contributed by atoms with Crippen molar-refractivity contribution in [2.24, 2.45) is 11.7 Å². The quantitative estimate of drug-likeness (QED) is 0.934. The van der Waals surface area contributed by atoms with Crippen LogP contribution in [0.15, 0.2) is 18.2 Å². The van der Waals surface area contributed by atoms with E-state index in [-0.39, 0.29) is 5.91 Å². The third-order valence-corrected chi connectivity index (χ3v) is 4.89. The molecular weight excluding hydrogens is 276 g/mol. The Hall–Kier alpha value is -1.55.